The quantitative estimate of drug-likeness (QED) is 0.721. The van der Waals surface area contributed by atoms with Gasteiger partial charge in [0, 0.05) is 24.0 Å². The number of anilines is 2. The molecule has 28 heavy (non-hydrogen) atoms. The zero-order valence-electron chi connectivity index (χ0n) is 16.2. The van der Waals surface area contributed by atoms with Crippen LogP contribution < -0.4 is 10.2 Å². The third-order valence-corrected chi connectivity index (χ3v) is 5.54. The normalized spacial score (nSPS) is 16.6. The van der Waals surface area contributed by atoms with Crippen molar-refractivity contribution < 1.29 is 9.59 Å². The van der Waals surface area contributed by atoms with Gasteiger partial charge in [0.2, 0.25) is 11.8 Å². The van der Waals surface area contributed by atoms with E-state index in [1.54, 1.807) is 4.90 Å². The average molecular weight is 372 g/mol. The Morgan fingerprint density at radius 3 is 2.64 bits per heavy atom. The minimum Gasteiger partial charge on any atom is -0.325 e. The van der Waals surface area contributed by atoms with Crippen LogP contribution in [0.2, 0.25) is 0 Å². The molecule has 0 aliphatic carbocycles. The first-order valence-electron chi connectivity index (χ1n) is 9.76. The summed E-state index contributed by atoms with van der Waals surface area (Å²) in [5.74, 6) is -0.437. The number of fused-ring (bicyclic) bond motifs is 1. The fourth-order valence-corrected chi connectivity index (χ4v) is 3.99. The highest BCUT2D eigenvalue weighted by molar-refractivity contribution is 6.08. The van der Waals surface area contributed by atoms with Crippen molar-refractivity contribution in [1.29, 1.82) is 0 Å². The standard InChI is InChI=1S/C24H24N2O2/c1-3-17-10-6-8-16(2)23(17)25-24(28)19-14-22(27)26(15-19)21-13-7-11-18-9-4-5-12-20(18)21/h4-13,19H,3,14-15H2,1-2H3,(H,25,28). The highest BCUT2D eigenvalue weighted by Gasteiger charge is 2.36. The van der Waals surface area contributed by atoms with E-state index >= 15 is 0 Å². The molecule has 0 spiro atoms. The third kappa shape index (κ3) is 3.26. The van der Waals surface area contributed by atoms with Crippen LogP contribution in [-0.4, -0.2) is 18.4 Å². The number of para-hydroxylation sites is 1. The van der Waals surface area contributed by atoms with Crippen LogP contribution in [-0.2, 0) is 16.0 Å². The van der Waals surface area contributed by atoms with Gasteiger partial charge in [-0.05, 0) is 35.9 Å². The summed E-state index contributed by atoms with van der Waals surface area (Å²) in [7, 11) is 0. The number of rotatable bonds is 4. The number of hydrogen-bond acceptors (Lipinski definition) is 2. The Balaban J connectivity index is 1.58. The van der Waals surface area contributed by atoms with Gasteiger partial charge in [0.15, 0.2) is 0 Å². The molecule has 1 N–H and O–H groups in total. The van der Waals surface area contributed by atoms with Crippen molar-refractivity contribution in [3.63, 3.8) is 0 Å². The number of hydrogen-bond donors (Lipinski definition) is 1. The molecule has 4 nitrogen and oxygen atoms in total. The van der Waals surface area contributed by atoms with Crippen LogP contribution in [0.1, 0.15) is 24.5 Å². The fourth-order valence-electron chi connectivity index (χ4n) is 3.99. The molecule has 4 heteroatoms. The van der Waals surface area contributed by atoms with E-state index in [1.807, 2.05) is 67.6 Å². The van der Waals surface area contributed by atoms with E-state index in [2.05, 4.69) is 12.2 Å². The average Bonchev–Trinajstić information content (AvgIpc) is 3.10. The summed E-state index contributed by atoms with van der Waals surface area (Å²) in [6, 6.07) is 20.0. The Bertz CT molecular complexity index is 1050. The maximum Gasteiger partial charge on any atom is 0.229 e. The van der Waals surface area contributed by atoms with Crippen LogP contribution in [0.5, 0.6) is 0 Å². The first kappa shape index (κ1) is 18.2. The molecular formula is C24H24N2O2. The lowest BCUT2D eigenvalue weighted by Gasteiger charge is -2.19. The molecule has 0 radical (unpaired) electrons. The molecule has 1 aliphatic heterocycles. The number of nitrogens with one attached hydrogen (secondary N) is 1. The van der Waals surface area contributed by atoms with Crippen molar-refractivity contribution in [2.45, 2.75) is 26.7 Å². The van der Waals surface area contributed by atoms with Gasteiger partial charge in [-0.1, -0.05) is 61.5 Å². The number of nitrogens with zero attached hydrogens (tertiary/aromatic N) is 1. The second-order valence-corrected chi connectivity index (χ2v) is 7.36. The second kappa shape index (κ2) is 7.47. The molecule has 0 aromatic heterocycles. The van der Waals surface area contributed by atoms with Crippen LogP contribution >= 0.6 is 0 Å². The van der Waals surface area contributed by atoms with E-state index in [0.29, 0.717) is 6.54 Å². The summed E-state index contributed by atoms with van der Waals surface area (Å²) in [4.78, 5) is 27.4. The van der Waals surface area contributed by atoms with Gasteiger partial charge in [0.25, 0.3) is 0 Å². The lowest BCUT2D eigenvalue weighted by Crippen LogP contribution is -2.28. The summed E-state index contributed by atoms with van der Waals surface area (Å²) in [5, 5.41) is 5.21. The topological polar surface area (TPSA) is 49.4 Å². The van der Waals surface area contributed by atoms with Crippen LogP contribution in [0, 0.1) is 12.8 Å². The van der Waals surface area contributed by atoms with Crippen molar-refractivity contribution in [3.05, 3.63) is 71.8 Å². The molecule has 0 bridgehead atoms. The van der Waals surface area contributed by atoms with Crippen LogP contribution in [0.25, 0.3) is 10.8 Å². The highest BCUT2D eigenvalue weighted by atomic mass is 16.2. The minimum absolute atomic E-state index is 0.00278. The van der Waals surface area contributed by atoms with Gasteiger partial charge in [0.1, 0.15) is 0 Å². The SMILES string of the molecule is CCc1cccc(C)c1NC(=O)C1CC(=O)N(c2cccc3ccccc23)C1. The summed E-state index contributed by atoms with van der Waals surface area (Å²) < 4.78 is 0. The predicted molar refractivity (Wildman–Crippen MR) is 114 cm³/mol. The minimum atomic E-state index is -0.351. The second-order valence-electron chi connectivity index (χ2n) is 7.36. The monoisotopic (exact) mass is 372 g/mol. The van der Waals surface area contributed by atoms with Gasteiger partial charge in [0.05, 0.1) is 11.6 Å². The molecule has 4 rings (SSSR count). The Morgan fingerprint density at radius 1 is 1.07 bits per heavy atom. The number of benzene rings is 3. The molecule has 1 aliphatic rings. The van der Waals surface area contributed by atoms with Crippen molar-refractivity contribution in [3.8, 4) is 0 Å². The van der Waals surface area contributed by atoms with Crippen LogP contribution in [0.4, 0.5) is 11.4 Å². The molecular weight excluding hydrogens is 348 g/mol. The maximum absolute atomic E-state index is 12.9. The van der Waals surface area contributed by atoms with Crippen molar-refractivity contribution in [1.82, 2.24) is 0 Å². The zero-order valence-corrected chi connectivity index (χ0v) is 16.2. The number of carbonyl (C=O) groups is 2. The lowest BCUT2D eigenvalue weighted by molar-refractivity contribution is -0.122. The molecule has 1 unspecified atom stereocenters. The molecule has 142 valence electrons. The molecule has 3 aromatic carbocycles. The van der Waals surface area contributed by atoms with Gasteiger partial charge in [-0.3, -0.25) is 9.59 Å². The van der Waals surface area contributed by atoms with E-state index in [0.717, 1.165) is 39.7 Å². The Morgan fingerprint density at radius 2 is 1.82 bits per heavy atom. The third-order valence-electron chi connectivity index (χ3n) is 5.54. The molecule has 3 aromatic rings. The molecule has 0 saturated carbocycles. The van der Waals surface area contributed by atoms with Crippen LogP contribution in [0.15, 0.2) is 60.7 Å². The summed E-state index contributed by atoms with van der Waals surface area (Å²) in [6.45, 7) is 4.48. The smallest absolute Gasteiger partial charge is 0.229 e. The summed E-state index contributed by atoms with van der Waals surface area (Å²) in [5.41, 5.74) is 3.92. The molecule has 1 heterocycles. The highest BCUT2D eigenvalue weighted by Crippen LogP contribution is 2.32. The lowest BCUT2D eigenvalue weighted by atomic mass is 10.0. The van der Waals surface area contributed by atoms with Crippen molar-refractivity contribution in [2.24, 2.45) is 5.92 Å². The number of carbonyl (C=O) groups excluding carboxylic acids is 2. The van der Waals surface area contributed by atoms with E-state index in [4.69, 9.17) is 0 Å². The zero-order chi connectivity index (χ0) is 19.7. The van der Waals surface area contributed by atoms with Crippen molar-refractivity contribution >= 4 is 34.0 Å². The van der Waals surface area contributed by atoms with Crippen LogP contribution in [0.3, 0.4) is 0 Å². The Labute approximate surface area is 165 Å². The van der Waals surface area contributed by atoms with Crippen molar-refractivity contribution in [2.75, 3.05) is 16.8 Å². The summed E-state index contributed by atoms with van der Waals surface area (Å²) >= 11 is 0. The first-order chi connectivity index (χ1) is 13.6. The fraction of sp³-hybridized carbons (Fsp3) is 0.250. The Hall–Kier alpha value is -3.14. The molecule has 1 saturated heterocycles. The van der Waals surface area contributed by atoms with Gasteiger partial charge in [-0.15, -0.1) is 0 Å². The summed E-state index contributed by atoms with van der Waals surface area (Å²) in [6.07, 6.45) is 1.09. The maximum atomic E-state index is 12.9. The van der Waals surface area contributed by atoms with E-state index in [1.165, 1.54) is 0 Å². The first-order valence-corrected chi connectivity index (χ1v) is 9.76. The molecule has 1 fully saturated rings. The van der Waals surface area contributed by atoms with Gasteiger partial charge in [-0.25, -0.2) is 0 Å². The van der Waals surface area contributed by atoms with E-state index < -0.39 is 0 Å². The van der Waals surface area contributed by atoms with E-state index in [9.17, 15) is 9.59 Å². The number of amides is 2. The largest absolute Gasteiger partial charge is 0.325 e. The Kier molecular flexibility index (Phi) is 4.86. The van der Waals surface area contributed by atoms with E-state index in [-0.39, 0.29) is 24.2 Å². The van der Waals surface area contributed by atoms with Gasteiger partial charge in [-0.2, -0.15) is 0 Å². The molecule has 1 atom stereocenters. The predicted octanol–water partition coefficient (Wildman–Crippen LogP) is 4.70. The van der Waals surface area contributed by atoms with Gasteiger partial charge >= 0.3 is 0 Å². The molecule has 2 amide bonds. The number of aryl methyl sites for hydroxylation is 2. The van der Waals surface area contributed by atoms with Gasteiger partial charge < -0.3 is 10.2 Å².